The minimum absolute atomic E-state index is 0.832. The van der Waals surface area contributed by atoms with Gasteiger partial charge in [0, 0.05) is 30.8 Å². The first-order valence-electron chi connectivity index (χ1n) is 6.74. The van der Waals surface area contributed by atoms with Gasteiger partial charge in [0.1, 0.15) is 5.82 Å². The maximum atomic E-state index is 4.62. The SMILES string of the molecule is CSc1nc2c(c(Nc3ccc(C)cc3)n1)CNCC2. The van der Waals surface area contributed by atoms with Crippen LogP contribution in [0.3, 0.4) is 0 Å². The third kappa shape index (κ3) is 2.78. The fourth-order valence-electron chi connectivity index (χ4n) is 2.29. The van der Waals surface area contributed by atoms with Crippen LogP contribution in [0.15, 0.2) is 29.4 Å². The Morgan fingerprint density at radius 1 is 1.20 bits per heavy atom. The van der Waals surface area contributed by atoms with Crippen molar-refractivity contribution in [1.82, 2.24) is 15.3 Å². The minimum atomic E-state index is 0.832. The normalized spacial score (nSPS) is 13.9. The van der Waals surface area contributed by atoms with Crippen LogP contribution in [0.4, 0.5) is 11.5 Å². The number of nitrogens with zero attached hydrogens (tertiary/aromatic N) is 2. The van der Waals surface area contributed by atoms with Crippen LogP contribution in [0, 0.1) is 6.92 Å². The first-order chi connectivity index (χ1) is 9.76. The number of aryl methyl sites for hydroxylation is 1. The zero-order chi connectivity index (χ0) is 13.9. The van der Waals surface area contributed by atoms with Crippen molar-refractivity contribution in [1.29, 1.82) is 0 Å². The molecule has 0 atom stereocenters. The summed E-state index contributed by atoms with van der Waals surface area (Å²) in [5.74, 6) is 0.926. The number of benzene rings is 1. The summed E-state index contributed by atoms with van der Waals surface area (Å²) >= 11 is 1.59. The van der Waals surface area contributed by atoms with Crippen LogP contribution in [0.1, 0.15) is 16.8 Å². The maximum Gasteiger partial charge on any atom is 0.189 e. The van der Waals surface area contributed by atoms with Gasteiger partial charge in [0.05, 0.1) is 5.69 Å². The summed E-state index contributed by atoms with van der Waals surface area (Å²) in [6.07, 6.45) is 2.98. The summed E-state index contributed by atoms with van der Waals surface area (Å²) in [5, 5.41) is 7.65. The molecule has 4 nitrogen and oxygen atoms in total. The summed E-state index contributed by atoms with van der Waals surface area (Å²) in [7, 11) is 0. The molecule has 0 unspecified atom stereocenters. The molecule has 0 fully saturated rings. The molecule has 5 heteroatoms. The summed E-state index contributed by atoms with van der Waals surface area (Å²) in [5.41, 5.74) is 4.67. The third-order valence-electron chi connectivity index (χ3n) is 3.41. The molecule has 1 aromatic carbocycles. The Hall–Kier alpha value is -1.59. The van der Waals surface area contributed by atoms with Crippen LogP contribution < -0.4 is 10.6 Å². The van der Waals surface area contributed by atoms with E-state index >= 15 is 0 Å². The van der Waals surface area contributed by atoms with Crippen LogP contribution in [-0.4, -0.2) is 22.8 Å². The second-order valence-electron chi connectivity index (χ2n) is 4.90. The average Bonchev–Trinajstić information content (AvgIpc) is 2.49. The van der Waals surface area contributed by atoms with E-state index in [0.29, 0.717) is 0 Å². The molecule has 0 amide bonds. The van der Waals surface area contributed by atoms with Crippen molar-refractivity contribution >= 4 is 23.3 Å². The molecule has 104 valence electrons. The van der Waals surface area contributed by atoms with Crippen molar-refractivity contribution in [2.75, 3.05) is 18.1 Å². The number of anilines is 2. The number of thioether (sulfide) groups is 1. The fraction of sp³-hybridized carbons (Fsp3) is 0.333. The zero-order valence-corrected chi connectivity index (χ0v) is 12.5. The lowest BCUT2D eigenvalue weighted by molar-refractivity contribution is 0.619. The predicted octanol–water partition coefficient (Wildman–Crippen LogP) is 2.90. The Labute approximate surface area is 123 Å². The number of fused-ring (bicyclic) bond motifs is 1. The molecule has 1 aliphatic heterocycles. The monoisotopic (exact) mass is 286 g/mol. The van der Waals surface area contributed by atoms with Gasteiger partial charge in [0.15, 0.2) is 5.16 Å². The Bertz CT molecular complexity index is 610. The molecule has 2 N–H and O–H groups in total. The zero-order valence-electron chi connectivity index (χ0n) is 11.7. The standard InChI is InChI=1S/C15H18N4S/c1-10-3-5-11(6-4-10)17-14-12-9-16-8-7-13(12)18-15(19-14)20-2/h3-6,16H,7-9H2,1-2H3,(H,17,18,19). The molecular formula is C15H18N4S. The van der Waals surface area contributed by atoms with Crippen LogP contribution in [0.2, 0.25) is 0 Å². The Morgan fingerprint density at radius 3 is 2.75 bits per heavy atom. The quantitative estimate of drug-likeness (QED) is 0.671. The van der Waals surface area contributed by atoms with Gasteiger partial charge in [-0.25, -0.2) is 9.97 Å². The average molecular weight is 286 g/mol. The smallest absolute Gasteiger partial charge is 0.189 e. The lowest BCUT2D eigenvalue weighted by Crippen LogP contribution is -2.26. The number of nitrogens with one attached hydrogen (secondary N) is 2. The molecule has 2 aromatic rings. The van der Waals surface area contributed by atoms with E-state index in [4.69, 9.17) is 0 Å². The highest BCUT2D eigenvalue weighted by molar-refractivity contribution is 7.98. The largest absolute Gasteiger partial charge is 0.340 e. The molecular weight excluding hydrogens is 268 g/mol. The van der Waals surface area contributed by atoms with Crippen molar-refractivity contribution in [3.63, 3.8) is 0 Å². The highest BCUT2D eigenvalue weighted by atomic mass is 32.2. The molecule has 3 rings (SSSR count). The van der Waals surface area contributed by atoms with Gasteiger partial charge >= 0.3 is 0 Å². The van der Waals surface area contributed by atoms with Gasteiger partial charge < -0.3 is 10.6 Å². The number of rotatable bonds is 3. The maximum absolute atomic E-state index is 4.62. The summed E-state index contributed by atoms with van der Waals surface area (Å²) < 4.78 is 0. The first-order valence-corrected chi connectivity index (χ1v) is 7.97. The van der Waals surface area contributed by atoms with E-state index < -0.39 is 0 Å². The van der Waals surface area contributed by atoms with E-state index in [1.807, 2.05) is 6.26 Å². The van der Waals surface area contributed by atoms with Crippen LogP contribution >= 0.6 is 11.8 Å². The summed E-state index contributed by atoms with van der Waals surface area (Å²) in [4.78, 5) is 9.24. The highest BCUT2D eigenvalue weighted by Crippen LogP contribution is 2.26. The Balaban J connectivity index is 1.96. The third-order valence-corrected chi connectivity index (χ3v) is 3.96. The van der Waals surface area contributed by atoms with Crippen molar-refractivity contribution in [2.24, 2.45) is 0 Å². The Kier molecular flexibility index (Phi) is 3.89. The van der Waals surface area contributed by atoms with Gasteiger partial charge in [-0.05, 0) is 25.3 Å². The highest BCUT2D eigenvalue weighted by Gasteiger charge is 2.17. The van der Waals surface area contributed by atoms with Gasteiger partial charge in [-0.15, -0.1) is 0 Å². The van der Waals surface area contributed by atoms with Crippen LogP contribution in [0.5, 0.6) is 0 Å². The molecule has 20 heavy (non-hydrogen) atoms. The molecule has 0 bridgehead atoms. The lowest BCUT2D eigenvalue weighted by Gasteiger charge is -2.20. The molecule has 1 aliphatic rings. The van der Waals surface area contributed by atoms with E-state index in [2.05, 4.69) is 51.8 Å². The number of hydrogen-bond acceptors (Lipinski definition) is 5. The van der Waals surface area contributed by atoms with Crippen LogP contribution in [-0.2, 0) is 13.0 Å². The first kappa shape index (κ1) is 13.4. The summed E-state index contributed by atoms with van der Waals surface area (Å²) in [6.45, 7) is 3.91. The van der Waals surface area contributed by atoms with Gasteiger partial charge in [0.2, 0.25) is 0 Å². The fourth-order valence-corrected chi connectivity index (χ4v) is 2.67. The van der Waals surface area contributed by atoms with Gasteiger partial charge in [0.25, 0.3) is 0 Å². The van der Waals surface area contributed by atoms with E-state index in [-0.39, 0.29) is 0 Å². The van der Waals surface area contributed by atoms with Crippen molar-refractivity contribution in [3.8, 4) is 0 Å². The van der Waals surface area contributed by atoms with E-state index in [9.17, 15) is 0 Å². The van der Waals surface area contributed by atoms with Crippen molar-refractivity contribution < 1.29 is 0 Å². The minimum Gasteiger partial charge on any atom is -0.340 e. The van der Waals surface area contributed by atoms with E-state index in [1.54, 1.807) is 11.8 Å². The van der Waals surface area contributed by atoms with Gasteiger partial charge in [-0.1, -0.05) is 29.5 Å². The van der Waals surface area contributed by atoms with Crippen molar-refractivity contribution in [3.05, 3.63) is 41.1 Å². The molecule has 0 saturated heterocycles. The molecule has 0 saturated carbocycles. The molecule has 2 heterocycles. The number of aromatic nitrogens is 2. The van der Waals surface area contributed by atoms with Gasteiger partial charge in [-0.3, -0.25) is 0 Å². The topological polar surface area (TPSA) is 49.8 Å². The molecule has 0 radical (unpaired) electrons. The predicted molar refractivity (Wildman–Crippen MR) is 83.7 cm³/mol. The second kappa shape index (κ2) is 5.81. The van der Waals surface area contributed by atoms with Crippen LogP contribution in [0.25, 0.3) is 0 Å². The van der Waals surface area contributed by atoms with E-state index in [0.717, 1.165) is 41.9 Å². The second-order valence-corrected chi connectivity index (χ2v) is 5.68. The van der Waals surface area contributed by atoms with Crippen molar-refractivity contribution in [2.45, 2.75) is 25.0 Å². The number of hydrogen-bond donors (Lipinski definition) is 2. The summed E-state index contributed by atoms with van der Waals surface area (Å²) in [6, 6.07) is 8.37. The molecule has 0 aliphatic carbocycles. The lowest BCUT2D eigenvalue weighted by atomic mass is 10.1. The Morgan fingerprint density at radius 2 is 2.00 bits per heavy atom. The van der Waals surface area contributed by atoms with E-state index in [1.165, 1.54) is 11.1 Å². The molecule has 0 spiro atoms. The molecule has 1 aromatic heterocycles. The van der Waals surface area contributed by atoms with Gasteiger partial charge in [-0.2, -0.15) is 0 Å².